The van der Waals surface area contributed by atoms with Crippen LogP contribution in [0.4, 0.5) is 5.69 Å². The minimum atomic E-state index is -0.0818. The summed E-state index contributed by atoms with van der Waals surface area (Å²) in [6, 6.07) is 13.5. The molecule has 1 aliphatic heterocycles. The SMILES string of the molecule is COc1cccc(/C=C2\Sc3ccc(C(=O)NC4CCCCCC4)cc3N(C)C2=O)c1. The van der Waals surface area contributed by atoms with Crippen LogP contribution in [0.2, 0.25) is 0 Å². The number of hydrogen-bond donors (Lipinski definition) is 1. The number of rotatable bonds is 4. The van der Waals surface area contributed by atoms with Crippen molar-refractivity contribution in [1.29, 1.82) is 0 Å². The van der Waals surface area contributed by atoms with Crippen molar-refractivity contribution in [2.24, 2.45) is 0 Å². The van der Waals surface area contributed by atoms with Crippen LogP contribution in [0.3, 0.4) is 0 Å². The topological polar surface area (TPSA) is 58.6 Å². The lowest BCUT2D eigenvalue weighted by atomic mass is 10.1. The van der Waals surface area contributed by atoms with Crippen LogP contribution in [0.25, 0.3) is 6.08 Å². The van der Waals surface area contributed by atoms with Gasteiger partial charge in [0.2, 0.25) is 0 Å². The smallest absolute Gasteiger partial charge is 0.264 e. The summed E-state index contributed by atoms with van der Waals surface area (Å²) in [5.41, 5.74) is 2.28. The highest BCUT2D eigenvalue weighted by atomic mass is 32.2. The van der Waals surface area contributed by atoms with Gasteiger partial charge in [-0.25, -0.2) is 0 Å². The van der Waals surface area contributed by atoms with E-state index in [-0.39, 0.29) is 17.9 Å². The number of likely N-dealkylation sites (N-methyl/N-ethyl adjacent to an activating group) is 1. The van der Waals surface area contributed by atoms with Crippen LogP contribution in [-0.4, -0.2) is 32.0 Å². The Hall–Kier alpha value is -2.73. The maximum atomic E-state index is 13.0. The first kappa shape index (κ1) is 21.5. The maximum absolute atomic E-state index is 13.0. The van der Waals surface area contributed by atoms with Crippen LogP contribution in [0.15, 0.2) is 52.3 Å². The van der Waals surface area contributed by atoms with E-state index in [1.807, 2.05) is 48.5 Å². The number of amides is 2. The third kappa shape index (κ3) is 4.96. The molecular weight excluding hydrogens is 408 g/mol. The number of ether oxygens (including phenoxy) is 1. The van der Waals surface area contributed by atoms with Crippen LogP contribution < -0.4 is 15.0 Å². The first-order valence-corrected chi connectivity index (χ1v) is 11.6. The summed E-state index contributed by atoms with van der Waals surface area (Å²) in [7, 11) is 3.38. The molecule has 0 radical (unpaired) electrons. The number of methoxy groups -OCH3 is 1. The average Bonchev–Trinajstić information content (AvgIpc) is 3.06. The molecular formula is C25H28N2O3S. The number of nitrogens with one attached hydrogen (secondary N) is 1. The Morgan fingerprint density at radius 1 is 1.13 bits per heavy atom. The minimum absolute atomic E-state index is 0.0572. The first-order valence-electron chi connectivity index (χ1n) is 10.8. The summed E-state index contributed by atoms with van der Waals surface area (Å²) in [5, 5.41) is 3.19. The van der Waals surface area contributed by atoms with Crippen molar-refractivity contribution in [2.45, 2.75) is 49.5 Å². The number of thioether (sulfide) groups is 1. The molecule has 0 unspecified atom stereocenters. The number of fused-ring (bicyclic) bond motifs is 1. The largest absolute Gasteiger partial charge is 0.497 e. The molecule has 0 bridgehead atoms. The number of carbonyl (C=O) groups excluding carboxylic acids is 2. The highest BCUT2D eigenvalue weighted by Crippen LogP contribution is 2.42. The van der Waals surface area contributed by atoms with E-state index in [0.29, 0.717) is 10.5 Å². The zero-order chi connectivity index (χ0) is 21.8. The van der Waals surface area contributed by atoms with Gasteiger partial charge in [-0.15, -0.1) is 0 Å². The summed E-state index contributed by atoms with van der Waals surface area (Å²) in [4.78, 5) is 29.0. The first-order chi connectivity index (χ1) is 15.0. The molecule has 1 N–H and O–H groups in total. The van der Waals surface area contributed by atoms with Crippen molar-refractivity contribution in [3.05, 3.63) is 58.5 Å². The van der Waals surface area contributed by atoms with Gasteiger partial charge in [0.25, 0.3) is 11.8 Å². The van der Waals surface area contributed by atoms with Crippen molar-refractivity contribution in [3.8, 4) is 5.75 Å². The van der Waals surface area contributed by atoms with E-state index in [4.69, 9.17) is 4.74 Å². The maximum Gasteiger partial charge on any atom is 0.264 e. The number of benzene rings is 2. The molecule has 2 aromatic carbocycles. The van der Waals surface area contributed by atoms with E-state index in [9.17, 15) is 9.59 Å². The normalized spacial score (nSPS) is 18.5. The van der Waals surface area contributed by atoms with Crippen LogP contribution in [-0.2, 0) is 4.79 Å². The second-order valence-corrected chi connectivity index (χ2v) is 9.18. The highest BCUT2D eigenvalue weighted by molar-refractivity contribution is 8.04. The molecule has 2 aromatic rings. The van der Waals surface area contributed by atoms with Gasteiger partial charge in [-0.3, -0.25) is 9.59 Å². The zero-order valence-electron chi connectivity index (χ0n) is 18.0. The van der Waals surface area contributed by atoms with E-state index >= 15 is 0 Å². The Labute approximate surface area is 187 Å². The van der Waals surface area contributed by atoms with Crippen molar-refractivity contribution >= 4 is 35.3 Å². The molecule has 2 aliphatic rings. The second kappa shape index (κ2) is 9.60. The number of hydrogen-bond acceptors (Lipinski definition) is 4. The fourth-order valence-corrected chi connectivity index (χ4v) is 5.20. The van der Waals surface area contributed by atoms with Gasteiger partial charge in [-0.05, 0) is 54.8 Å². The van der Waals surface area contributed by atoms with Gasteiger partial charge in [0, 0.05) is 23.5 Å². The van der Waals surface area contributed by atoms with Gasteiger partial charge < -0.3 is 15.0 Å². The Bertz CT molecular complexity index is 1010. The fraction of sp³-hybridized carbons (Fsp3) is 0.360. The predicted molar refractivity (Wildman–Crippen MR) is 126 cm³/mol. The Morgan fingerprint density at radius 2 is 1.90 bits per heavy atom. The molecule has 4 rings (SSSR count). The van der Waals surface area contributed by atoms with Gasteiger partial charge in [0.15, 0.2) is 0 Å². The molecule has 6 heteroatoms. The van der Waals surface area contributed by atoms with Gasteiger partial charge in [-0.2, -0.15) is 0 Å². The summed E-state index contributed by atoms with van der Waals surface area (Å²) in [6.45, 7) is 0. The average molecular weight is 437 g/mol. The van der Waals surface area contributed by atoms with Crippen molar-refractivity contribution < 1.29 is 14.3 Å². The van der Waals surface area contributed by atoms with Gasteiger partial charge in [0.05, 0.1) is 17.7 Å². The second-order valence-electron chi connectivity index (χ2n) is 8.10. The van der Waals surface area contributed by atoms with E-state index in [0.717, 1.165) is 34.7 Å². The van der Waals surface area contributed by atoms with Gasteiger partial charge in [0.1, 0.15) is 5.75 Å². The molecule has 0 aromatic heterocycles. The third-order valence-corrected chi connectivity index (χ3v) is 6.98. The Balaban J connectivity index is 1.54. The van der Waals surface area contributed by atoms with Crippen LogP contribution >= 0.6 is 11.8 Å². The molecule has 0 spiro atoms. The summed E-state index contributed by atoms with van der Waals surface area (Å²) < 4.78 is 5.28. The molecule has 31 heavy (non-hydrogen) atoms. The summed E-state index contributed by atoms with van der Waals surface area (Å²) >= 11 is 1.43. The summed E-state index contributed by atoms with van der Waals surface area (Å²) in [5.74, 6) is 0.612. The molecule has 1 aliphatic carbocycles. The van der Waals surface area contributed by atoms with Gasteiger partial charge >= 0.3 is 0 Å². The van der Waals surface area contributed by atoms with Crippen molar-refractivity contribution in [2.75, 3.05) is 19.1 Å². The Morgan fingerprint density at radius 3 is 2.65 bits per heavy atom. The van der Waals surface area contributed by atoms with E-state index in [2.05, 4.69) is 5.32 Å². The summed E-state index contributed by atoms with van der Waals surface area (Å²) in [6.07, 6.45) is 8.81. The van der Waals surface area contributed by atoms with Crippen LogP contribution in [0.5, 0.6) is 5.75 Å². The zero-order valence-corrected chi connectivity index (χ0v) is 18.8. The van der Waals surface area contributed by atoms with E-state index < -0.39 is 0 Å². The lowest BCUT2D eigenvalue weighted by molar-refractivity contribution is -0.114. The lowest BCUT2D eigenvalue weighted by Crippen LogP contribution is -2.35. The van der Waals surface area contributed by atoms with Crippen molar-refractivity contribution in [3.63, 3.8) is 0 Å². The molecule has 1 heterocycles. The minimum Gasteiger partial charge on any atom is -0.497 e. The molecule has 5 nitrogen and oxygen atoms in total. The quantitative estimate of drug-likeness (QED) is 0.525. The lowest BCUT2D eigenvalue weighted by Gasteiger charge is -2.27. The monoisotopic (exact) mass is 436 g/mol. The number of anilines is 1. The molecule has 1 fully saturated rings. The molecule has 2 amide bonds. The fourth-order valence-electron chi connectivity index (χ4n) is 4.11. The number of nitrogens with zero attached hydrogens (tertiary/aromatic N) is 1. The van der Waals surface area contributed by atoms with Crippen LogP contribution in [0.1, 0.15) is 54.4 Å². The predicted octanol–water partition coefficient (Wildman–Crippen LogP) is 5.26. The van der Waals surface area contributed by atoms with Crippen LogP contribution in [0, 0.1) is 0 Å². The molecule has 162 valence electrons. The third-order valence-electron chi connectivity index (χ3n) is 5.90. The highest BCUT2D eigenvalue weighted by Gasteiger charge is 2.27. The molecule has 0 saturated heterocycles. The van der Waals surface area contributed by atoms with E-state index in [1.165, 1.54) is 37.4 Å². The van der Waals surface area contributed by atoms with Gasteiger partial charge in [-0.1, -0.05) is 49.6 Å². The molecule has 0 atom stereocenters. The van der Waals surface area contributed by atoms with Crippen molar-refractivity contribution in [1.82, 2.24) is 5.32 Å². The molecule has 1 saturated carbocycles. The Kier molecular flexibility index (Phi) is 6.66. The van der Waals surface area contributed by atoms with E-state index in [1.54, 1.807) is 19.1 Å². The number of carbonyl (C=O) groups is 2. The standard InChI is InChI=1S/C25H28N2O3S/c1-27-21-16-18(24(28)26-19-9-5-3-4-6-10-19)12-13-22(21)31-23(25(27)29)15-17-8-7-11-20(14-17)30-2/h7-8,11-16,19H,3-6,9-10H2,1-2H3,(H,26,28)/b23-15-.